The molecule has 1 rings (SSSR count). The van der Waals surface area contributed by atoms with Crippen molar-refractivity contribution in [1.29, 1.82) is 0 Å². The van der Waals surface area contributed by atoms with E-state index in [0.29, 0.717) is 11.3 Å². The smallest absolute Gasteiger partial charge is 0.340 e. The molecule has 18 heavy (non-hydrogen) atoms. The van der Waals surface area contributed by atoms with Gasteiger partial charge >= 0.3 is 12.3 Å². The summed E-state index contributed by atoms with van der Waals surface area (Å²) in [5.41, 5.74) is 0.845. The fraction of sp³-hybridized carbons (Fsp3) is 0.417. The second-order valence-electron chi connectivity index (χ2n) is 3.89. The van der Waals surface area contributed by atoms with Crippen molar-refractivity contribution in [3.05, 3.63) is 35.9 Å². The number of amides is 1. The van der Waals surface area contributed by atoms with Gasteiger partial charge in [-0.25, -0.2) is 8.78 Å². The van der Waals surface area contributed by atoms with Gasteiger partial charge < -0.3 is 4.90 Å². The number of carbonyl (C=O) groups is 1. The van der Waals surface area contributed by atoms with Crippen LogP contribution in [0.1, 0.15) is 5.56 Å². The van der Waals surface area contributed by atoms with Gasteiger partial charge in [-0.3, -0.25) is 4.79 Å². The number of likely N-dealkylation sites (N-methyl/N-ethyl adjacent to an activating group) is 1. The van der Waals surface area contributed by atoms with E-state index >= 15 is 0 Å². The summed E-state index contributed by atoms with van der Waals surface area (Å²) in [4.78, 5) is 11.7. The summed E-state index contributed by atoms with van der Waals surface area (Å²) in [6.45, 7) is -0.0366. The number of halogens is 4. The Balaban J connectivity index is 2.56. The van der Waals surface area contributed by atoms with Gasteiger partial charge in [-0.2, -0.15) is 8.78 Å². The zero-order valence-corrected chi connectivity index (χ0v) is 9.75. The molecule has 0 aliphatic rings. The van der Waals surface area contributed by atoms with Gasteiger partial charge in [0, 0.05) is 13.6 Å². The monoisotopic (exact) mass is 263 g/mol. The normalized spacial score (nSPS) is 11.7. The van der Waals surface area contributed by atoms with Crippen molar-refractivity contribution in [2.45, 2.75) is 18.8 Å². The van der Waals surface area contributed by atoms with Crippen molar-refractivity contribution in [2.24, 2.45) is 0 Å². The Labute approximate surface area is 102 Å². The highest BCUT2D eigenvalue weighted by Crippen LogP contribution is 2.24. The lowest BCUT2D eigenvalue weighted by molar-refractivity contribution is -0.179. The predicted molar refractivity (Wildman–Crippen MR) is 58.7 cm³/mol. The van der Waals surface area contributed by atoms with Crippen molar-refractivity contribution in [3.63, 3.8) is 0 Å². The lowest BCUT2D eigenvalue weighted by Gasteiger charge is -2.22. The molecule has 0 bridgehead atoms. The van der Waals surface area contributed by atoms with Gasteiger partial charge in [0.2, 0.25) is 0 Å². The first-order valence-corrected chi connectivity index (χ1v) is 5.31. The quantitative estimate of drug-likeness (QED) is 0.748. The van der Waals surface area contributed by atoms with Crippen LogP contribution in [0.15, 0.2) is 30.3 Å². The minimum atomic E-state index is -4.62. The molecule has 1 aromatic carbocycles. The van der Waals surface area contributed by atoms with E-state index in [1.165, 1.54) is 0 Å². The number of benzene rings is 1. The van der Waals surface area contributed by atoms with E-state index in [1.54, 1.807) is 30.3 Å². The summed E-state index contributed by atoms with van der Waals surface area (Å²) in [6, 6.07) is 8.87. The molecule has 0 spiro atoms. The maximum atomic E-state index is 12.8. The molecule has 0 aliphatic heterocycles. The third-order valence-electron chi connectivity index (χ3n) is 2.48. The molecule has 0 fully saturated rings. The molecule has 1 aromatic rings. The van der Waals surface area contributed by atoms with Crippen molar-refractivity contribution < 1.29 is 22.4 Å². The van der Waals surface area contributed by atoms with Gasteiger partial charge in [0.25, 0.3) is 5.91 Å². The summed E-state index contributed by atoms with van der Waals surface area (Å²) < 4.78 is 49.5. The first-order chi connectivity index (χ1) is 8.35. The molecular weight excluding hydrogens is 250 g/mol. The Hall–Kier alpha value is -1.59. The highest BCUT2D eigenvalue weighted by molar-refractivity contribution is 5.83. The lowest BCUT2D eigenvalue weighted by atomic mass is 10.1. The van der Waals surface area contributed by atoms with E-state index < -0.39 is 18.3 Å². The molecule has 6 heteroatoms. The highest BCUT2D eigenvalue weighted by atomic mass is 19.3. The number of rotatable bonds is 5. The first-order valence-electron chi connectivity index (χ1n) is 5.31. The second-order valence-corrected chi connectivity index (χ2v) is 3.89. The Bertz CT molecular complexity index is 394. The average molecular weight is 263 g/mol. The Morgan fingerprint density at radius 3 is 2.33 bits per heavy atom. The molecule has 0 saturated heterocycles. The van der Waals surface area contributed by atoms with Crippen molar-refractivity contribution in [2.75, 3.05) is 13.6 Å². The van der Waals surface area contributed by atoms with Crippen LogP contribution >= 0.6 is 0 Å². The van der Waals surface area contributed by atoms with E-state index in [4.69, 9.17) is 0 Å². The molecule has 0 heterocycles. The van der Waals surface area contributed by atoms with Crippen LogP contribution in [0, 0.1) is 0 Å². The average Bonchev–Trinajstić information content (AvgIpc) is 2.36. The van der Waals surface area contributed by atoms with Crippen molar-refractivity contribution >= 4 is 5.91 Å². The molecular formula is C12H13F4NO. The lowest BCUT2D eigenvalue weighted by Crippen LogP contribution is -2.46. The molecule has 0 N–H and O–H groups in total. The fourth-order valence-electron chi connectivity index (χ4n) is 1.39. The minimum absolute atomic E-state index is 0.0366. The van der Waals surface area contributed by atoms with E-state index in [9.17, 15) is 22.4 Å². The Morgan fingerprint density at radius 1 is 1.28 bits per heavy atom. The Morgan fingerprint density at radius 2 is 1.83 bits per heavy atom. The zero-order chi connectivity index (χ0) is 13.8. The third kappa shape index (κ3) is 3.45. The van der Waals surface area contributed by atoms with Crippen LogP contribution in [0.3, 0.4) is 0 Å². The third-order valence-corrected chi connectivity index (χ3v) is 2.48. The van der Waals surface area contributed by atoms with Crippen LogP contribution in [0.2, 0.25) is 0 Å². The number of nitrogens with zero attached hydrogens (tertiary/aromatic N) is 1. The molecule has 0 saturated carbocycles. The Kier molecular flexibility index (Phi) is 4.69. The van der Waals surface area contributed by atoms with Crippen LogP contribution in [-0.4, -0.2) is 36.7 Å². The van der Waals surface area contributed by atoms with Gasteiger partial charge in [-0.15, -0.1) is 0 Å². The topological polar surface area (TPSA) is 20.3 Å². The van der Waals surface area contributed by atoms with E-state index in [0.717, 1.165) is 12.6 Å². The number of hydrogen-bond donors (Lipinski definition) is 0. The summed E-state index contributed by atoms with van der Waals surface area (Å²) in [6.07, 6.45) is -3.65. The van der Waals surface area contributed by atoms with Gasteiger partial charge in [-0.05, 0) is 12.0 Å². The molecule has 0 aromatic heterocycles. The summed E-state index contributed by atoms with van der Waals surface area (Å²) in [5, 5.41) is 0. The van der Waals surface area contributed by atoms with Crippen molar-refractivity contribution in [3.8, 4) is 0 Å². The SMILES string of the molecule is CN(CCc1ccccc1)C(=O)C(F)(F)C(F)F. The predicted octanol–water partition coefficient (Wildman–Crippen LogP) is 2.59. The number of alkyl halides is 4. The van der Waals surface area contributed by atoms with Crippen LogP contribution in [0.4, 0.5) is 17.6 Å². The van der Waals surface area contributed by atoms with Crippen LogP contribution in [-0.2, 0) is 11.2 Å². The first kappa shape index (κ1) is 14.5. The molecule has 2 nitrogen and oxygen atoms in total. The second kappa shape index (κ2) is 5.84. The zero-order valence-electron chi connectivity index (χ0n) is 9.75. The molecule has 0 unspecified atom stereocenters. The summed E-state index contributed by atoms with van der Waals surface area (Å²) >= 11 is 0. The van der Waals surface area contributed by atoms with Crippen LogP contribution in [0.25, 0.3) is 0 Å². The maximum Gasteiger partial charge on any atom is 0.383 e. The fourth-order valence-corrected chi connectivity index (χ4v) is 1.39. The van der Waals surface area contributed by atoms with Crippen LogP contribution < -0.4 is 0 Å². The van der Waals surface area contributed by atoms with Crippen molar-refractivity contribution in [1.82, 2.24) is 4.90 Å². The maximum absolute atomic E-state index is 12.8. The van der Waals surface area contributed by atoms with Gasteiger partial charge in [0.05, 0.1) is 0 Å². The molecule has 100 valence electrons. The van der Waals surface area contributed by atoms with Gasteiger partial charge in [-0.1, -0.05) is 30.3 Å². The number of hydrogen-bond acceptors (Lipinski definition) is 1. The summed E-state index contributed by atoms with van der Waals surface area (Å²) in [7, 11) is 1.08. The van der Waals surface area contributed by atoms with Crippen LogP contribution in [0.5, 0.6) is 0 Å². The van der Waals surface area contributed by atoms with Gasteiger partial charge in [0.1, 0.15) is 0 Å². The molecule has 0 atom stereocenters. The van der Waals surface area contributed by atoms with E-state index in [-0.39, 0.29) is 6.54 Å². The highest BCUT2D eigenvalue weighted by Gasteiger charge is 2.50. The minimum Gasteiger partial charge on any atom is -0.340 e. The van der Waals surface area contributed by atoms with Gasteiger partial charge in [0.15, 0.2) is 0 Å². The largest absolute Gasteiger partial charge is 0.383 e. The number of carbonyl (C=O) groups excluding carboxylic acids is 1. The van der Waals surface area contributed by atoms with E-state index in [2.05, 4.69) is 0 Å². The molecule has 1 amide bonds. The van der Waals surface area contributed by atoms with E-state index in [1.807, 2.05) is 0 Å². The molecule has 0 radical (unpaired) electrons. The summed E-state index contributed by atoms with van der Waals surface area (Å²) in [5.74, 6) is -6.47. The molecule has 0 aliphatic carbocycles. The standard InChI is InChI=1S/C12H13F4NO/c1-17(11(18)12(15,16)10(13)14)8-7-9-5-3-2-4-6-9/h2-6,10H,7-8H2,1H3.